The first-order valence-corrected chi connectivity index (χ1v) is 9.02. The van der Waals surface area contributed by atoms with Gasteiger partial charge in [0.1, 0.15) is 5.75 Å². The van der Waals surface area contributed by atoms with Gasteiger partial charge in [0.05, 0.1) is 12.7 Å². The van der Waals surface area contributed by atoms with E-state index in [1.54, 1.807) is 7.11 Å². The number of rotatable bonds is 5. The van der Waals surface area contributed by atoms with Crippen molar-refractivity contribution in [2.75, 3.05) is 14.2 Å². The Balaban J connectivity index is 2.10. The van der Waals surface area contributed by atoms with Crippen molar-refractivity contribution in [1.29, 1.82) is 0 Å². The van der Waals surface area contributed by atoms with Crippen LogP contribution in [0.3, 0.4) is 0 Å². The lowest BCUT2D eigenvalue weighted by atomic mass is 10.1. The molecule has 1 fully saturated rings. The number of hydrogen-bond acceptors (Lipinski definition) is 2. The molecule has 4 heteroatoms. The molecule has 1 heterocycles. The van der Waals surface area contributed by atoms with Crippen LogP contribution in [-0.2, 0) is 6.54 Å². The van der Waals surface area contributed by atoms with E-state index < -0.39 is 0 Å². The summed E-state index contributed by atoms with van der Waals surface area (Å²) in [5.41, 5.74) is 3.03. The molecule has 1 aromatic heterocycles. The van der Waals surface area contributed by atoms with Gasteiger partial charge in [-0.25, -0.2) is 0 Å². The molecule has 1 aromatic carbocycles. The zero-order chi connectivity index (χ0) is 17.3. The van der Waals surface area contributed by atoms with Gasteiger partial charge in [-0.1, -0.05) is 19.8 Å². The van der Waals surface area contributed by atoms with Gasteiger partial charge >= 0.3 is 0 Å². The normalized spacial score (nSPS) is 15.2. The molecule has 0 radical (unpaired) electrons. The molecule has 0 bridgehead atoms. The number of nitrogens with zero attached hydrogens (tertiary/aromatic N) is 2. The summed E-state index contributed by atoms with van der Waals surface area (Å²) < 4.78 is 7.66. The van der Waals surface area contributed by atoms with Gasteiger partial charge in [0.25, 0.3) is 5.91 Å². The van der Waals surface area contributed by atoms with Gasteiger partial charge in [-0.15, -0.1) is 0 Å². The average Bonchev–Trinajstić information content (AvgIpc) is 3.21. The minimum atomic E-state index is 0.146. The van der Waals surface area contributed by atoms with E-state index in [0.29, 0.717) is 6.04 Å². The third kappa shape index (κ3) is 2.79. The van der Waals surface area contributed by atoms with Crippen LogP contribution in [0.1, 0.15) is 55.1 Å². The number of ether oxygens (including phenoxy) is 1. The Morgan fingerprint density at radius 1 is 1.33 bits per heavy atom. The van der Waals surface area contributed by atoms with Crippen molar-refractivity contribution in [2.24, 2.45) is 0 Å². The van der Waals surface area contributed by atoms with Crippen LogP contribution in [0.15, 0.2) is 18.2 Å². The zero-order valence-corrected chi connectivity index (χ0v) is 15.3. The van der Waals surface area contributed by atoms with Gasteiger partial charge in [-0.2, -0.15) is 0 Å². The number of benzene rings is 1. The van der Waals surface area contributed by atoms with Gasteiger partial charge in [-0.05, 0) is 44.4 Å². The number of carbonyl (C=O) groups is 1. The molecule has 1 aliphatic rings. The first-order valence-electron chi connectivity index (χ1n) is 9.02. The fraction of sp³-hybridized carbons (Fsp3) is 0.550. The maximum Gasteiger partial charge on any atom is 0.256 e. The first-order chi connectivity index (χ1) is 11.6. The third-order valence-corrected chi connectivity index (χ3v) is 5.38. The van der Waals surface area contributed by atoms with E-state index in [4.69, 9.17) is 4.74 Å². The van der Waals surface area contributed by atoms with Crippen molar-refractivity contribution < 1.29 is 9.53 Å². The number of amides is 1. The van der Waals surface area contributed by atoms with E-state index in [1.165, 1.54) is 12.8 Å². The van der Waals surface area contributed by atoms with Gasteiger partial charge < -0.3 is 14.2 Å². The molecule has 0 spiro atoms. The van der Waals surface area contributed by atoms with E-state index in [0.717, 1.165) is 53.7 Å². The van der Waals surface area contributed by atoms with Crippen molar-refractivity contribution in [3.63, 3.8) is 0 Å². The van der Waals surface area contributed by atoms with Crippen molar-refractivity contribution in [2.45, 2.75) is 58.5 Å². The first kappa shape index (κ1) is 16.9. The SMILES string of the molecule is CCCn1c(C)c(C(=O)N(C)C2CCCC2)c2cc(OC)ccc21. The third-order valence-electron chi connectivity index (χ3n) is 5.38. The summed E-state index contributed by atoms with van der Waals surface area (Å²) in [7, 11) is 3.63. The minimum absolute atomic E-state index is 0.146. The van der Waals surface area contributed by atoms with E-state index in [9.17, 15) is 4.79 Å². The van der Waals surface area contributed by atoms with Crippen LogP contribution in [-0.4, -0.2) is 35.6 Å². The molecular weight excluding hydrogens is 300 g/mol. The Kier molecular flexibility index (Phi) is 4.83. The Labute approximate surface area is 144 Å². The van der Waals surface area contributed by atoms with Crippen LogP contribution >= 0.6 is 0 Å². The molecule has 1 amide bonds. The molecule has 0 N–H and O–H groups in total. The molecule has 130 valence electrons. The summed E-state index contributed by atoms with van der Waals surface area (Å²) in [6, 6.07) is 6.43. The fourth-order valence-electron chi connectivity index (χ4n) is 4.00. The van der Waals surface area contributed by atoms with Gasteiger partial charge in [-0.3, -0.25) is 4.79 Å². The topological polar surface area (TPSA) is 34.5 Å². The molecule has 1 saturated carbocycles. The summed E-state index contributed by atoms with van der Waals surface area (Å²) in [6.45, 7) is 5.16. The van der Waals surface area contributed by atoms with Crippen LogP contribution in [0.5, 0.6) is 5.75 Å². The summed E-state index contributed by atoms with van der Waals surface area (Å²) in [4.78, 5) is 15.2. The molecule has 4 nitrogen and oxygen atoms in total. The number of aryl methyl sites for hydroxylation is 1. The lowest BCUT2D eigenvalue weighted by Crippen LogP contribution is -2.35. The van der Waals surface area contributed by atoms with Crippen LogP contribution in [0.2, 0.25) is 0 Å². The molecule has 24 heavy (non-hydrogen) atoms. The monoisotopic (exact) mass is 328 g/mol. The fourth-order valence-corrected chi connectivity index (χ4v) is 4.00. The summed E-state index contributed by atoms with van der Waals surface area (Å²) >= 11 is 0. The smallest absolute Gasteiger partial charge is 0.256 e. The van der Waals surface area contributed by atoms with E-state index in [1.807, 2.05) is 24.1 Å². The summed E-state index contributed by atoms with van der Waals surface area (Å²) in [5.74, 6) is 0.946. The number of methoxy groups -OCH3 is 1. The van der Waals surface area contributed by atoms with Crippen LogP contribution < -0.4 is 4.74 Å². The molecule has 0 unspecified atom stereocenters. The van der Waals surface area contributed by atoms with E-state index in [-0.39, 0.29) is 5.91 Å². The molecule has 0 aliphatic heterocycles. The largest absolute Gasteiger partial charge is 0.497 e. The second-order valence-electron chi connectivity index (χ2n) is 6.85. The quantitative estimate of drug-likeness (QED) is 0.816. The number of carbonyl (C=O) groups excluding carboxylic acids is 1. The highest BCUT2D eigenvalue weighted by molar-refractivity contribution is 6.08. The number of aromatic nitrogens is 1. The Hall–Kier alpha value is -1.97. The van der Waals surface area contributed by atoms with Gasteiger partial charge in [0, 0.05) is 36.2 Å². The summed E-state index contributed by atoms with van der Waals surface area (Å²) in [6.07, 6.45) is 5.75. The Bertz CT molecular complexity index is 742. The zero-order valence-electron chi connectivity index (χ0n) is 15.3. The predicted molar refractivity (Wildman–Crippen MR) is 97.9 cm³/mol. The van der Waals surface area contributed by atoms with Crippen molar-refractivity contribution in [1.82, 2.24) is 9.47 Å². The average molecular weight is 328 g/mol. The van der Waals surface area contributed by atoms with Crippen molar-refractivity contribution in [3.05, 3.63) is 29.5 Å². The van der Waals surface area contributed by atoms with Crippen molar-refractivity contribution >= 4 is 16.8 Å². The maximum absolute atomic E-state index is 13.3. The molecule has 2 aromatic rings. The molecule has 3 rings (SSSR count). The highest BCUT2D eigenvalue weighted by Crippen LogP contribution is 2.32. The predicted octanol–water partition coefficient (Wildman–Crippen LogP) is 4.38. The lowest BCUT2D eigenvalue weighted by molar-refractivity contribution is 0.0736. The van der Waals surface area contributed by atoms with Gasteiger partial charge in [0.15, 0.2) is 0 Å². The Morgan fingerprint density at radius 3 is 2.67 bits per heavy atom. The lowest BCUT2D eigenvalue weighted by Gasteiger charge is -2.24. The van der Waals surface area contributed by atoms with E-state index in [2.05, 4.69) is 24.5 Å². The summed E-state index contributed by atoms with van der Waals surface area (Å²) in [5, 5.41) is 1.01. The van der Waals surface area contributed by atoms with Gasteiger partial charge in [0.2, 0.25) is 0 Å². The van der Waals surface area contributed by atoms with Crippen LogP contribution in [0, 0.1) is 6.92 Å². The second kappa shape index (κ2) is 6.88. The second-order valence-corrected chi connectivity index (χ2v) is 6.85. The number of fused-ring (bicyclic) bond motifs is 1. The molecular formula is C20H28N2O2. The Morgan fingerprint density at radius 2 is 2.04 bits per heavy atom. The molecule has 0 saturated heterocycles. The van der Waals surface area contributed by atoms with Crippen molar-refractivity contribution in [3.8, 4) is 5.75 Å². The minimum Gasteiger partial charge on any atom is -0.497 e. The van der Waals surface area contributed by atoms with Crippen LogP contribution in [0.4, 0.5) is 0 Å². The molecule has 0 atom stereocenters. The number of hydrogen-bond donors (Lipinski definition) is 0. The standard InChI is InChI=1S/C20H28N2O2/c1-5-12-22-14(2)19(17-13-16(24-4)10-11-18(17)22)20(23)21(3)15-8-6-7-9-15/h10-11,13,15H,5-9,12H2,1-4H3. The maximum atomic E-state index is 13.3. The van der Waals surface area contributed by atoms with Crippen LogP contribution in [0.25, 0.3) is 10.9 Å². The van der Waals surface area contributed by atoms with E-state index >= 15 is 0 Å². The highest BCUT2D eigenvalue weighted by Gasteiger charge is 2.28. The highest BCUT2D eigenvalue weighted by atomic mass is 16.5. The molecule has 1 aliphatic carbocycles.